The van der Waals surface area contributed by atoms with Gasteiger partial charge in [-0.15, -0.1) is 0 Å². The second-order valence-electron chi connectivity index (χ2n) is 5.37. The molecule has 0 unspecified atom stereocenters. The minimum absolute atomic E-state index is 0.165. The number of aliphatic imine (C=N–C) groups is 1. The molecule has 0 spiro atoms. The minimum atomic E-state index is -4.92. The van der Waals surface area contributed by atoms with E-state index in [2.05, 4.69) is 10.3 Å². The van der Waals surface area contributed by atoms with Crippen LogP contribution in [-0.4, -0.2) is 37.9 Å². The van der Waals surface area contributed by atoms with Crippen molar-refractivity contribution >= 4 is 22.5 Å². The molecule has 0 aliphatic carbocycles. The number of benzene rings is 1. The Labute approximate surface area is 153 Å². The molecule has 0 aromatic heterocycles. The van der Waals surface area contributed by atoms with E-state index in [9.17, 15) is 26.0 Å². The maximum atomic E-state index is 13.7. The Morgan fingerprint density at radius 2 is 1.93 bits per heavy atom. The largest absolute Gasteiger partial charge is 0.409 e. The minimum Gasteiger partial charge on any atom is -0.345 e. The van der Waals surface area contributed by atoms with Crippen LogP contribution in [0.25, 0.3) is 0 Å². The number of hydrogen-bond acceptors (Lipinski definition) is 5. The van der Waals surface area contributed by atoms with Crippen molar-refractivity contribution in [1.82, 2.24) is 9.62 Å². The van der Waals surface area contributed by atoms with Crippen molar-refractivity contribution < 1.29 is 26.0 Å². The zero-order valence-corrected chi connectivity index (χ0v) is 14.9. The van der Waals surface area contributed by atoms with Crippen LogP contribution in [-0.2, 0) is 10.0 Å². The van der Waals surface area contributed by atoms with E-state index in [1.165, 1.54) is 13.0 Å². The molecule has 1 aromatic rings. The molecule has 1 aliphatic rings. The highest BCUT2D eigenvalue weighted by Crippen LogP contribution is 2.40. The van der Waals surface area contributed by atoms with Crippen LogP contribution in [0.15, 0.2) is 52.3 Å². The maximum absolute atomic E-state index is 13.7. The van der Waals surface area contributed by atoms with Crippen molar-refractivity contribution in [3.8, 4) is 0 Å². The number of alkyl halides is 3. The molecule has 11 heteroatoms. The summed E-state index contributed by atoms with van der Waals surface area (Å²) in [6.45, 7) is 0.798. The zero-order chi connectivity index (χ0) is 20.2. The van der Waals surface area contributed by atoms with E-state index >= 15 is 0 Å². The van der Waals surface area contributed by atoms with Gasteiger partial charge < -0.3 is 10.7 Å². The molecule has 2 N–H and O–H groups in total. The van der Waals surface area contributed by atoms with Crippen LogP contribution in [0.2, 0.25) is 0 Å². The second-order valence-corrected chi connectivity index (χ2v) is 7.26. The standard InChI is InChI=1S/C16H16F4N4O2S/c1-2-24(15(16(18,19)20)11-3-5-12(17)6-4-11)27(25,26)13-9-22-14(7-8-21)23-10-13/h3-10,15,21-22H,2H2,1H3/b14-7+,21-8?/t15-/m1/s1. The molecule has 0 saturated heterocycles. The van der Waals surface area contributed by atoms with Crippen molar-refractivity contribution in [3.05, 3.63) is 58.6 Å². The van der Waals surface area contributed by atoms with Gasteiger partial charge in [0.25, 0.3) is 0 Å². The van der Waals surface area contributed by atoms with Crippen LogP contribution in [0, 0.1) is 11.2 Å². The first-order valence-electron chi connectivity index (χ1n) is 7.66. The molecule has 1 atom stereocenters. The van der Waals surface area contributed by atoms with Gasteiger partial charge >= 0.3 is 6.18 Å². The summed E-state index contributed by atoms with van der Waals surface area (Å²) in [5.74, 6) is -0.569. The summed E-state index contributed by atoms with van der Waals surface area (Å²) >= 11 is 0. The van der Waals surface area contributed by atoms with Crippen molar-refractivity contribution in [2.75, 3.05) is 6.54 Å². The molecule has 27 heavy (non-hydrogen) atoms. The van der Waals surface area contributed by atoms with E-state index in [1.54, 1.807) is 0 Å². The van der Waals surface area contributed by atoms with Gasteiger partial charge in [0.05, 0.1) is 6.21 Å². The van der Waals surface area contributed by atoms with Gasteiger partial charge in [-0.2, -0.15) is 17.5 Å². The summed E-state index contributed by atoms with van der Waals surface area (Å²) in [6, 6.07) is 0.995. The molecule has 2 rings (SSSR count). The Morgan fingerprint density at radius 3 is 2.37 bits per heavy atom. The highest BCUT2D eigenvalue weighted by molar-refractivity contribution is 7.93. The van der Waals surface area contributed by atoms with Crippen LogP contribution < -0.4 is 5.32 Å². The Bertz CT molecular complexity index is 890. The Balaban J connectivity index is 2.47. The van der Waals surface area contributed by atoms with E-state index in [1.807, 2.05) is 0 Å². The molecule has 0 saturated carbocycles. The van der Waals surface area contributed by atoms with Crippen molar-refractivity contribution in [1.29, 1.82) is 5.41 Å². The lowest BCUT2D eigenvalue weighted by molar-refractivity contribution is -0.173. The zero-order valence-electron chi connectivity index (χ0n) is 14.0. The average Bonchev–Trinajstić information content (AvgIpc) is 2.60. The predicted octanol–water partition coefficient (Wildman–Crippen LogP) is 3.09. The molecular weight excluding hydrogens is 388 g/mol. The highest BCUT2D eigenvalue weighted by atomic mass is 32.2. The quantitative estimate of drug-likeness (QED) is 0.564. The van der Waals surface area contributed by atoms with Crippen molar-refractivity contribution in [2.45, 2.75) is 19.1 Å². The lowest BCUT2D eigenvalue weighted by Gasteiger charge is -2.32. The first-order valence-corrected chi connectivity index (χ1v) is 9.10. The number of hydrogen-bond donors (Lipinski definition) is 2. The third-order valence-corrected chi connectivity index (χ3v) is 5.54. The summed E-state index contributed by atoms with van der Waals surface area (Å²) in [6.07, 6.45) is -0.864. The highest BCUT2D eigenvalue weighted by Gasteiger charge is 2.49. The second kappa shape index (κ2) is 8.01. The lowest BCUT2D eigenvalue weighted by atomic mass is 10.1. The SMILES string of the molecule is CCN([C@H](c1ccc(F)cc1)C(F)(F)F)S(=O)(=O)C1=CN/C(=C\C=N)N=C1. The average molecular weight is 404 g/mol. The topological polar surface area (TPSA) is 85.6 Å². The van der Waals surface area contributed by atoms with Gasteiger partial charge in [-0.1, -0.05) is 19.1 Å². The molecule has 0 fully saturated rings. The van der Waals surface area contributed by atoms with Crippen molar-refractivity contribution in [3.63, 3.8) is 0 Å². The van der Waals surface area contributed by atoms with E-state index in [4.69, 9.17) is 5.41 Å². The molecule has 0 radical (unpaired) electrons. The Hall–Kier alpha value is -2.53. The van der Waals surface area contributed by atoms with E-state index in [0.29, 0.717) is 0 Å². The van der Waals surface area contributed by atoms with Gasteiger partial charge in [0.2, 0.25) is 10.0 Å². The Kier molecular flexibility index (Phi) is 6.16. The van der Waals surface area contributed by atoms with Gasteiger partial charge in [-0.3, -0.25) is 0 Å². The molecule has 146 valence electrons. The number of nitrogens with one attached hydrogen (secondary N) is 2. The maximum Gasteiger partial charge on any atom is 0.409 e. The van der Waals surface area contributed by atoms with Crippen molar-refractivity contribution in [2.24, 2.45) is 4.99 Å². The first-order chi connectivity index (χ1) is 12.6. The molecule has 1 aromatic carbocycles. The first kappa shape index (κ1) is 20.8. The molecule has 6 nitrogen and oxygen atoms in total. The molecule has 0 amide bonds. The van der Waals surface area contributed by atoms with Gasteiger partial charge in [0, 0.05) is 19.0 Å². The van der Waals surface area contributed by atoms with Gasteiger partial charge in [-0.25, -0.2) is 17.8 Å². The third kappa shape index (κ3) is 4.61. The van der Waals surface area contributed by atoms with E-state index in [0.717, 1.165) is 42.9 Å². The fraction of sp³-hybridized carbons (Fsp3) is 0.250. The number of nitrogens with zero attached hydrogens (tertiary/aromatic N) is 2. The fourth-order valence-corrected chi connectivity index (χ4v) is 3.98. The van der Waals surface area contributed by atoms with E-state index < -0.39 is 45.1 Å². The monoisotopic (exact) mass is 404 g/mol. The predicted molar refractivity (Wildman–Crippen MR) is 93.1 cm³/mol. The van der Waals surface area contributed by atoms with E-state index in [-0.39, 0.29) is 10.1 Å². The van der Waals surface area contributed by atoms with Crippen LogP contribution in [0.3, 0.4) is 0 Å². The lowest BCUT2D eigenvalue weighted by Crippen LogP contribution is -2.43. The summed E-state index contributed by atoms with van der Waals surface area (Å²) in [4.78, 5) is 3.29. The molecule has 1 aliphatic heterocycles. The number of rotatable bonds is 6. The molecule has 1 heterocycles. The number of halogens is 4. The molecular formula is C16H16F4N4O2S. The van der Waals surface area contributed by atoms with Gasteiger partial charge in [0.1, 0.15) is 22.6 Å². The van der Waals surface area contributed by atoms with Gasteiger partial charge in [-0.05, 0) is 23.8 Å². The van der Waals surface area contributed by atoms with Crippen LogP contribution in [0.5, 0.6) is 0 Å². The number of sulfonamides is 1. The summed E-state index contributed by atoms with van der Waals surface area (Å²) < 4.78 is 80.1. The third-order valence-electron chi connectivity index (χ3n) is 3.64. The Morgan fingerprint density at radius 1 is 1.30 bits per heavy atom. The smallest absolute Gasteiger partial charge is 0.345 e. The summed E-state index contributed by atoms with van der Waals surface area (Å²) in [5.41, 5.74) is -0.403. The number of allylic oxidation sites excluding steroid dienone is 2. The summed E-state index contributed by atoms with van der Waals surface area (Å²) in [5, 5.41) is 9.42. The normalized spacial score (nSPS) is 17.6. The van der Waals surface area contributed by atoms with Crippen LogP contribution in [0.1, 0.15) is 18.5 Å². The van der Waals surface area contributed by atoms with Crippen LogP contribution >= 0.6 is 0 Å². The fourth-order valence-electron chi connectivity index (χ4n) is 2.45. The molecule has 0 bridgehead atoms. The van der Waals surface area contributed by atoms with Crippen LogP contribution in [0.4, 0.5) is 17.6 Å². The van der Waals surface area contributed by atoms with Gasteiger partial charge in [0.15, 0.2) is 0 Å². The summed E-state index contributed by atoms with van der Waals surface area (Å²) in [7, 11) is -4.57.